The molecule has 0 radical (unpaired) electrons. The van der Waals surface area contributed by atoms with Crippen LogP contribution < -0.4 is 11.0 Å². The molecule has 0 unspecified atom stereocenters. The summed E-state index contributed by atoms with van der Waals surface area (Å²) in [6, 6.07) is 13.5. The molecule has 1 aromatic heterocycles. The number of sulfonamides is 1. The number of nitrogens with one attached hydrogen (secondary N) is 1. The van der Waals surface area contributed by atoms with Crippen molar-refractivity contribution >= 4 is 32.7 Å². The van der Waals surface area contributed by atoms with E-state index in [-0.39, 0.29) is 17.1 Å². The minimum atomic E-state index is -3.63. The molecule has 9 heteroatoms. The second-order valence-corrected chi connectivity index (χ2v) is 8.70. The molecule has 0 aliphatic heterocycles. The molecule has 2 aromatic carbocycles. The van der Waals surface area contributed by atoms with Gasteiger partial charge >= 0.3 is 5.69 Å². The molecular weight excluding hydrogens is 404 g/mol. The number of nitrogens with zero attached hydrogens (tertiary/aromatic N) is 3. The van der Waals surface area contributed by atoms with Gasteiger partial charge in [-0.25, -0.2) is 13.2 Å². The van der Waals surface area contributed by atoms with Crippen molar-refractivity contribution in [1.82, 2.24) is 13.4 Å². The Hall–Kier alpha value is -2.91. The van der Waals surface area contributed by atoms with Crippen LogP contribution >= 0.6 is 0 Å². The normalized spacial score (nSPS) is 11.9. The first-order valence-corrected chi connectivity index (χ1v) is 11.4. The van der Waals surface area contributed by atoms with Gasteiger partial charge in [0.1, 0.15) is 6.54 Å². The van der Waals surface area contributed by atoms with E-state index in [9.17, 15) is 18.0 Å². The van der Waals surface area contributed by atoms with Crippen LogP contribution in [0.4, 0.5) is 5.69 Å². The first-order valence-electron chi connectivity index (χ1n) is 9.91. The molecule has 30 heavy (non-hydrogen) atoms. The van der Waals surface area contributed by atoms with Gasteiger partial charge in [0.15, 0.2) is 0 Å². The van der Waals surface area contributed by atoms with Crippen molar-refractivity contribution in [3.63, 3.8) is 0 Å². The lowest BCUT2D eigenvalue weighted by atomic mass is 10.3. The summed E-state index contributed by atoms with van der Waals surface area (Å²) in [7, 11) is -3.63. The Labute approximate surface area is 175 Å². The van der Waals surface area contributed by atoms with E-state index in [0.717, 1.165) is 5.52 Å². The summed E-state index contributed by atoms with van der Waals surface area (Å²) in [5.74, 6) is -0.409. The molecule has 0 aliphatic rings. The maximum absolute atomic E-state index is 12.7. The van der Waals surface area contributed by atoms with Gasteiger partial charge in [0.2, 0.25) is 15.9 Å². The predicted octanol–water partition coefficient (Wildman–Crippen LogP) is 2.49. The summed E-state index contributed by atoms with van der Waals surface area (Å²) in [6.07, 6.45) is 0. The fraction of sp³-hybridized carbons (Fsp3) is 0.333. The molecule has 0 bridgehead atoms. The summed E-state index contributed by atoms with van der Waals surface area (Å²) < 4.78 is 29.8. The second kappa shape index (κ2) is 8.85. The quantitative estimate of drug-likeness (QED) is 0.594. The smallest absolute Gasteiger partial charge is 0.324 e. The van der Waals surface area contributed by atoms with E-state index in [2.05, 4.69) is 5.32 Å². The van der Waals surface area contributed by atoms with Crippen LogP contribution in [0.3, 0.4) is 0 Å². The van der Waals surface area contributed by atoms with Crippen LogP contribution in [0, 0.1) is 0 Å². The number of hydrogen-bond donors (Lipinski definition) is 1. The van der Waals surface area contributed by atoms with Crippen molar-refractivity contribution in [2.24, 2.45) is 0 Å². The molecule has 0 saturated carbocycles. The number of carbonyl (C=O) groups excluding carboxylic acids is 1. The number of amides is 1. The average molecular weight is 431 g/mol. The molecule has 0 fully saturated rings. The molecule has 1 N–H and O–H groups in total. The number of hydrogen-bond acceptors (Lipinski definition) is 4. The molecule has 1 amide bonds. The maximum atomic E-state index is 12.7. The standard InChI is InChI=1S/C21H26N4O4S/c1-4-23(5-2)30(28,29)17-11-9-10-16(14-17)22-20(26)15-25-19-13-8-7-12-18(19)24(6-3)21(25)27/h7-14H,4-6,15H2,1-3H3,(H,22,26). The van der Waals surface area contributed by atoms with Gasteiger partial charge in [0.05, 0.1) is 15.9 Å². The molecular formula is C21H26N4O4S. The van der Waals surface area contributed by atoms with Crippen LogP contribution in [-0.2, 0) is 27.9 Å². The van der Waals surface area contributed by atoms with E-state index < -0.39 is 15.9 Å². The second-order valence-electron chi connectivity index (χ2n) is 6.77. The van der Waals surface area contributed by atoms with E-state index in [0.29, 0.717) is 30.8 Å². The van der Waals surface area contributed by atoms with Crippen LogP contribution in [0.5, 0.6) is 0 Å². The molecule has 0 spiro atoms. The zero-order valence-corrected chi connectivity index (χ0v) is 18.1. The Balaban J connectivity index is 1.86. The monoisotopic (exact) mass is 430 g/mol. The molecule has 0 saturated heterocycles. The molecule has 1 heterocycles. The first-order chi connectivity index (χ1) is 14.3. The van der Waals surface area contributed by atoms with Crippen molar-refractivity contribution in [1.29, 1.82) is 0 Å². The Morgan fingerprint density at radius 1 is 0.967 bits per heavy atom. The van der Waals surface area contributed by atoms with Crippen LogP contribution in [0.1, 0.15) is 20.8 Å². The number of imidazole rings is 1. The van der Waals surface area contributed by atoms with Gasteiger partial charge in [-0.2, -0.15) is 4.31 Å². The minimum Gasteiger partial charge on any atom is -0.324 e. The Kier molecular flexibility index (Phi) is 6.42. The summed E-state index contributed by atoms with van der Waals surface area (Å²) >= 11 is 0. The molecule has 160 valence electrons. The number of fused-ring (bicyclic) bond motifs is 1. The third-order valence-electron chi connectivity index (χ3n) is 5.00. The van der Waals surface area contributed by atoms with Gasteiger partial charge in [0, 0.05) is 25.3 Å². The van der Waals surface area contributed by atoms with Gasteiger partial charge in [-0.1, -0.05) is 32.0 Å². The largest absolute Gasteiger partial charge is 0.329 e. The summed E-state index contributed by atoms with van der Waals surface area (Å²) in [6.45, 7) is 6.48. The van der Waals surface area contributed by atoms with Crippen LogP contribution in [-0.4, -0.2) is 40.9 Å². The lowest BCUT2D eigenvalue weighted by molar-refractivity contribution is -0.116. The van der Waals surface area contributed by atoms with E-state index in [4.69, 9.17) is 0 Å². The van der Waals surface area contributed by atoms with Crippen molar-refractivity contribution in [2.45, 2.75) is 38.8 Å². The Morgan fingerprint density at radius 3 is 2.20 bits per heavy atom. The van der Waals surface area contributed by atoms with Crippen LogP contribution in [0.25, 0.3) is 11.0 Å². The molecule has 8 nitrogen and oxygen atoms in total. The van der Waals surface area contributed by atoms with Gasteiger partial charge in [0.25, 0.3) is 0 Å². The third kappa shape index (κ3) is 4.03. The van der Waals surface area contributed by atoms with Gasteiger partial charge < -0.3 is 5.32 Å². The average Bonchev–Trinajstić information content (AvgIpc) is 3.00. The van der Waals surface area contributed by atoms with Crippen LogP contribution in [0.2, 0.25) is 0 Å². The highest BCUT2D eigenvalue weighted by atomic mass is 32.2. The Bertz CT molecular complexity index is 1220. The number of aryl methyl sites for hydroxylation is 1. The summed E-state index contributed by atoms with van der Waals surface area (Å²) in [4.78, 5) is 25.5. The number of benzene rings is 2. The number of rotatable bonds is 8. The number of anilines is 1. The highest BCUT2D eigenvalue weighted by molar-refractivity contribution is 7.89. The first kappa shape index (κ1) is 21.8. The Morgan fingerprint density at radius 2 is 1.60 bits per heavy atom. The predicted molar refractivity (Wildman–Crippen MR) is 117 cm³/mol. The third-order valence-corrected chi connectivity index (χ3v) is 7.05. The van der Waals surface area contributed by atoms with Crippen molar-refractivity contribution in [3.8, 4) is 0 Å². The fourth-order valence-electron chi connectivity index (χ4n) is 3.52. The van der Waals surface area contributed by atoms with Crippen molar-refractivity contribution in [2.75, 3.05) is 18.4 Å². The number of carbonyl (C=O) groups is 1. The van der Waals surface area contributed by atoms with Crippen molar-refractivity contribution in [3.05, 3.63) is 59.0 Å². The molecule has 3 rings (SSSR count). The highest BCUT2D eigenvalue weighted by Crippen LogP contribution is 2.20. The summed E-state index contributed by atoms with van der Waals surface area (Å²) in [5.41, 5.74) is 1.55. The fourth-order valence-corrected chi connectivity index (χ4v) is 5.03. The van der Waals surface area contributed by atoms with E-state index in [1.165, 1.54) is 21.0 Å². The van der Waals surface area contributed by atoms with E-state index in [1.54, 1.807) is 36.6 Å². The van der Waals surface area contributed by atoms with E-state index in [1.807, 2.05) is 25.1 Å². The summed E-state index contributed by atoms with van der Waals surface area (Å²) in [5, 5.41) is 2.71. The molecule has 3 aromatic rings. The molecule has 0 atom stereocenters. The van der Waals surface area contributed by atoms with Gasteiger partial charge in [-0.05, 0) is 37.3 Å². The van der Waals surface area contributed by atoms with Crippen LogP contribution in [0.15, 0.2) is 58.2 Å². The SMILES string of the molecule is CCN(CC)S(=O)(=O)c1cccc(NC(=O)Cn2c(=O)n(CC)c3ccccc32)c1. The lowest BCUT2D eigenvalue weighted by Crippen LogP contribution is -2.31. The molecule has 0 aliphatic carbocycles. The number of para-hydroxylation sites is 2. The van der Waals surface area contributed by atoms with Crippen molar-refractivity contribution < 1.29 is 13.2 Å². The lowest BCUT2D eigenvalue weighted by Gasteiger charge is -2.18. The van der Waals surface area contributed by atoms with Gasteiger partial charge in [-0.15, -0.1) is 0 Å². The highest BCUT2D eigenvalue weighted by Gasteiger charge is 2.22. The zero-order chi connectivity index (χ0) is 21.9. The van der Waals surface area contributed by atoms with E-state index >= 15 is 0 Å². The van der Waals surface area contributed by atoms with Gasteiger partial charge in [-0.3, -0.25) is 13.9 Å². The number of aromatic nitrogens is 2. The zero-order valence-electron chi connectivity index (χ0n) is 17.3. The topological polar surface area (TPSA) is 93.4 Å². The maximum Gasteiger partial charge on any atom is 0.329 e. The minimum absolute atomic E-state index is 0.115.